The predicted octanol–water partition coefficient (Wildman–Crippen LogP) is 0.361. The average Bonchev–Trinajstić information content (AvgIpc) is 2.30. The SMILES string of the molecule is N[C@@H](CCC(=O)O)C(=O)O.Oc1ccc(O)cc1. The Kier molecular flexibility index (Phi) is 6.91. The fourth-order valence-electron chi connectivity index (χ4n) is 0.855. The van der Waals surface area contributed by atoms with Crippen molar-refractivity contribution in [2.24, 2.45) is 5.73 Å². The molecule has 0 aliphatic rings. The Hall–Kier alpha value is -2.28. The Labute approximate surface area is 103 Å². The highest BCUT2D eigenvalue weighted by Crippen LogP contribution is 2.13. The minimum atomic E-state index is -1.17. The Morgan fingerprint density at radius 3 is 1.72 bits per heavy atom. The molecule has 7 nitrogen and oxygen atoms in total. The van der Waals surface area contributed by atoms with Gasteiger partial charge in [0.15, 0.2) is 0 Å². The Bertz CT molecular complexity index is 368. The zero-order valence-electron chi connectivity index (χ0n) is 9.48. The maximum absolute atomic E-state index is 9.99. The first-order chi connectivity index (χ1) is 8.32. The lowest BCUT2D eigenvalue weighted by Crippen LogP contribution is -2.30. The smallest absolute Gasteiger partial charge is 0.320 e. The number of phenolic OH excluding ortho intramolecular Hbond substituents is 2. The second-order valence-electron chi connectivity index (χ2n) is 3.39. The monoisotopic (exact) mass is 257 g/mol. The largest absolute Gasteiger partial charge is 0.508 e. The third kappa shape index (κ3) is 7.94. The van der Waals surface area contributed by atoms with E-state index in [1.54, 1.807) is 0 Å². The topological polar surface area (TPSA) is 141 Å². The molecule has 6 N–H and O–H groups in total. The molecule has 0 aliphatic carbocycles. The Balaban J connectivity index is 0.000000327. The number of carboxylic acids is 2. The molecular weight excluding hydrogens is 242 g/mol. The Morgan fingerprint density at radius 2 is 1.44 bits per heavy atom. The van der Waals surface area contributed by atoms with Crippen LogP contribution in [0.3, 0.4) is 0 Å². The van der Waals surface area contributed by atoms with Crippen molar-refractivity contribution < 1.29 is 30.0 Å². The van der Waals surface area contributed by atoms with E-state index in [0.717, 1.165) is 0 Å². The van der Waals surface area contributed by atoms with Crippen molar-refractivity contribution >= 4 is 11.9 Å². The van der Waals surface area contributed by atoms with E-state index in [-0.39, 0.29) is 24.3 Å². The van der Waals surface area contributed by atoms with Gasteiger partial charge in [-0.15, -0.1) is 0 Å². The molecule has 1 rings (SSSR count). The molecular formula is C11H15NO6. The van der Waals surface area contributed by atoms with Crippen molar-refractivity contribution in [3.05, 3.63) is 24.3 Å². The van der Waals surface area contributed by atoms with Crippen molar-refractivity contribution in [2.45, 2.75) is 18.9 Å². The van der Waals surface area contributed by atoms with Crippen LogP contribution in [0.5, 0.6) is 11.5 Å². The van der Waals surface area contributed by atoms with Crippen molar-refractivity contribution in [1.82, 2.24) is 0 Å². The summed E-state index contributed by atoms with van der Waals surface area (Å²) in [5.74, 6) is -1.86. The molecule has 0 amide bonds. The van der Waals surface area contributed by atoms with Gasteiger partial charge in [0.25, 0.3) is 0 Å². The van der Waals surface area contributed by atoms with Gasteiger partial charge in [-0.1, -0.05) is 0 Å². The second kappa shape index (κ2) is 7.91. The summed E-state index contributed by atoms with van der Waals surface area (Å²) >= 11 is 0. The third-order valence-corrected chi connectivity index (χ3v) is 1.84. The molecule has 1 aromatic carbocycles. The lowest BCUT2D eigenvalue weighted by molar-refractivity contribution is -0.139. The minimum absolute atomic E-state index is 0.0231. The van der Waals surface area contributed by atoms with Crippen molar-refractivity contribution in [1.29, 1.82) is 0 Å². The summed E-state index contributed by atoms with van der Waals surface area (Å²) in [6.45, 7) is 0. The molecule has 100 valence electrons. The number of rotatable bonds is 4. The highest BCUT2D eigenvalue weighted by atomic mass is 16.4. The van der Waals surface area contributed by atoms with Gasteiger partial charge in [-0.25, -0.2) is 0 Å². The first-order valence-electron chi connectivity index (χ1n) is 5.01. The van der Waals surface area contributed by atoms with E-state index in [4.69, 9.17) is 26.2 Å². The number of aliphatic carboxylic acids is 2. The minimum Gasteiger partial charge on any atom is -0.508 e. The summed E-state index contributed by atoms with van der Waals surface area (Å²) in [7, 11) is 0. The van der Waals surface area contributed by atoms with Crippen LogP contribution in [0.15, 0.2) is 24.3 Å². The summed E-state index contributed by atoms with van der Waals surface area (Å²) in [6, 6.07) is 4.64. The molecule has 18 heavy (non-hydrogen) atoms. The highest BCUT2D eigenvalue weighted by molar-refractivity contribution is 5.74. The molecule has 0 bridgehead atoms. The van der Waals surface area contributed by atoms with E-state index >= 15 is 0 Å². The fraction of sp³-hybridized carbons (Fsp3) is 0.273. The molecule has 0 heterocycles. The molecule has 0 aliphatic heterocycles. The van der Waals surface area contributed by atoms with Crippen molar-refractivity contribution in [2.75, 3.05) is 0 Å². The first kappa shape index (κ1) is 15.7. The van der Waals surface area contributed by atoms with Crippen LogP contribution in [0.1, 0.15) is 12.8 Å². The number of benzene rings is 1. The van der Waals surface area contributed by atoms with Gasteiger partial charge in [0, 0.05) is 6.42 Å². The molecule has 0 fully saturated rings. The molecule has 0 saturated carbocycles. The predicted molar refractivity (Wildman–Crippen MR) is 62.3 cm³/mol. The maximum Gasteiger partial charge on any atom is 0.320 e. The molecule has 0 saturated heterocycles. The van der Waals surface area contributed by atoms with Gasteiger partial charge in [0.2, 0.25) is 0 Å². The van der Waals surface area contributed by atoms with E-state index < -0.39 is 18.0 Å². The van der Waals surface area contributed by atoms with Gasteiger partial charge < -0.3 is 26.2 Å². The first-order valence-corrected chi connectivity index (χ1v) is 5.01. The lowest BCUT2D eigenvalue weighted by atomic mass is 10.2. The standard InChI is InChI=1S/C6H6O2.C5H9NO4/c7-5-1-2-6(8)4-3-5;6-3(5(9)10)1-2-4(7)8/h1-4,7-8H;3H,1-2,6H2,(H,7,8)(H,9,10)/t;3-/m.0/s1. The molecule has 0 radical (unpaired) electrons. The second-order valence-corrected chi connectivity index (χ2v) is 3.39. The van der Waals surface area contributed by atoms with Crippen LogP contribution < -0.4 is 5.73 Å². The summed E-state index contributed by atoms with van der Waals surface area (Å²) in [5, 5.41) is 33.6. The van der Waals surface area contributed by atoms with Crippen LogP contribution in [-0.4, -0.2) is 38.4 Å². The zero-order chi connectivity index (χ0) is 14.1. The summed E-state index contributed by atoms with van der Waals surface area (Å²) in [5.41, 5.74) is 5.00. The summed E-state index contributed by atoms with van der Waals surface area (Å²) in [4.78, 5) is 19.9. The number of carboxylic acid groups (broad SMARTS) is 2. The van der Waals surface area contributed by atoms with Gasteiger partial charge in [0.1, 0.15) is 17.5 Å². The van der Waals surface area contributed by atoms with Crippen LogP contribution in [0, 0.1) is 0 Å². The van der Waals surface area contributed by atoms with E-state index in [1.165, 1.54) is 24.3 Å². The molecule has 1 atom stereocenters. The van der Waals surface area contributed by atoms with E-state index in [0.29, 0.717) is 0 Å². The van der Waals surface area contributed by atoms with Crippen molar-refractivity contribution in [3.8, 4) is 11.5 Å². The lowest BCUT2D eigenvalue weighted by Gasteiger charge is -2.01. The number of nitrogens with two attached hydrogens (primary N) is 1. The van der Waals surface area contributed by atoms with Gasteiger partial charge in [-0.05, 0) is 30.7 Å². The fourth-order valence-corrected chi connectivity index (χ4v) is 0.855. The van der Waals surface area contributed by atoms with Gasteiger partial charge in [0.05, 0.1) is 0 Å². The Morgan fingerprint density at radius 1 is 1.06 bits per heavy atom. The summed E-state index contributed by atoms with van der Waals surface area (Å²) in [6.07, 6.45) is -0.224. The van der Waals surface area contributed by atoms with Crippen LogP contribution in [0.25, 0.3) is 0 Å². The quantitative estimate of drug-likeness (QED) is 0.490. The number of hydrogen-bond donors (Lipinski definition) is 5. The third-order valence-electron chi connectivity index (χ3n) is 1.84. The van der Waals surface area contributed by atoms with Gasteiger partial charge >= 0.3 is 11.9 Å². The summed E-state index contributed by atoms with van der Waals surface area (Å²) < 4.78 is 0. The molecule has 0 spiro atoms. The van der Waals surface area contributed by atoms with Crippen molar-refractivity contribution in [3.63, 3.8) is 0 Å². The molecule has 0 unspecified atom stereocenters. The molecule has 7 heteroatoms. The van der Waals surface area contributed by atoms with Crippen LogP contribution in [-0.2, 0) is 9.59 Å². The molecule has 0 aromatic heterocycles. The average molecular weight is 257 g/mol. The molecule has 1 aromatic rings. The van der Waals surface area contributed by atoms with E-state index in [9.17, 15) is 9.59 Å². The van der Waals surface area contributed by atoms with Crippen LogP contribution >= 0.6 is 0 Å². The van der Waals surface area contributed by atoms with Gasteiger partial charge in [-0.3, -0.25) is 9.59 Å². The number of carbonyl (C=O) groups is 2. The van der Waals surface area contributed by atoms with Gasteiger partial charge in [-0.2, -0.15) is 0 Å². The number of hydrogen-bond acceptors (Lipinski definition) is 5. The maximum atomic E-state index is 9.99. The van der Waals surface area contributed by atoms with E-state index in [1.807, 2.05) is 0 Å². The van der Waals surface area contributed by atoms with Crippen LogP contribution in [0.2, 0.25) is 0 Å². The van der Waals surface area contributed by atoms with Crippen LogP contribution in [0.4, 0.5) is 0 Å². The number of phenols is 2. The normalized spacial score (nSPS) is 10.9. The highest BCUT2D eigenvalue weighted by Gasteiger charge is 2.12. The number of aromatic hydroxyl groups is 2. The van der Waals surface area contributed by atoms with E-state index in [2.05, 4.69) is 0 Å². The zero-order valence-corrected chi connectivity index (χ0v) is 9.48.